The smallest absolute Gasteiger partial charge is 0.410 e. The summed E-state index contributed by atoms with van der Waals surface area (Å²) in [5.74, 6) is 1.04. The summed E-state index contributed by atoms with van der Waals surface area (Å²) in [5, 5.41) is 0. The third-order valence-corrected chi connectivity index (χ3v) is 3.85. The van der Waals surface area contributed by atoms with Crippen molar-refractivity contribution in [3.63, 3.8) is 0 Å². The molecule has 5 heteroatoms. The van der Waals surface area contributed by atoms with Gasteiger partial charge in [-0.05, 0) is 38.8 Å². The number of likely N-dealkylation sites (tertiary alicyclic amines) is 1. The van der Waals surface area contributed by atoms with Crippen LogP contribution < -0.4 is 10.5 Å². The molecule has 2 atom stereocenters. The van der Waals surface area contributed by atoms with Crippen molar-refractivity contribution in [2.24, 2.45) is 5.73 Å². The number of methoxy groups -OCH3 is 1. The van der Waals surface area contributed by atoms with Gasteiger partial charge < -0.3 is 20.1 Å². The van der Waals surface area contributed by atoms with Gasteiger partial charge >= 0.3 is 6.09 Å². The van der Waals surface area contributed by atoms with Crippen molar-refractivity contribution in [2.75, 3.05) is 20.2 Å². The number of rotatable bonds is 2. The Balaban J connectivity index is 2.05. The maximum absolute atomic E-state index is 12.1. The molecule has 0 aromatic heterocycles. The van der Waals surface area contributed by atoms with Crippen LogP contribution in [-0.4, -0.2) is 42.8 Å². The fourth-order valence-electron chi connectivity index (χ4n) is 2.83. The van der Waals surface area contributed by atoms with E-state index < -0.39 is 5.60 Å². The molecule has 0 bridgehead atoms. The van der Waals surface area contributed by atoms with E-state index in [0.717, 1.165) is 17.7 Å². The monoisotopic (exact) mass is 306 g/mol. The van der Waals surface area contributed by atoms with Gasteiger partial charge in [0.1, 0.15) is 11.4 Å². The van der Waals surface area contributed by atoms with Crippen molar-refractivity contribution in [3.8, 4) is 5.75 Å². The van der Waals surface area contributed by atoms with Crippen molar-refractivity contribution < 1.29 is 14.3 Å². The topological polar surface area (TPSA) is 64.8 Å². The van der Waals surface area contributed by atoms with Gasteiger partial charge in [0.05, 0.1) is 7.11 Å². The fraction of sp³-hybridized carbons (Fsp3) is 0.588. The van der Waals surface area contributed by atoms with Gasteiger partial charge in [0, 0.05) is 25.0 Å². The van der Waals surface area contributed by atoms with Crippen LogP contribution in [0.15, 0.2) is 24.3 Å². The molecule has 1 aliphatic heterocycles. The Morgan fingerprint density at radius 3 is 2.59 bits per heavy atom. The highest BCUT2D eigenvalue weighted by Crippen LogP contribution is 2.33. The number of ether oxygens (including phenoxy) is 2. The van der Waals surface area contributed by atoms with E-state index in [-0.39, 0.29) is 18.1 Å². The second-order valence-corrected chi connectivity index (χ2v) is 6.73. The Morgan fingerprint density at radius 1 is 1.32 bits per heavy atom. The van der Waals surface area contributed by atoms with E-state index in [2.05, 4.69) is 0 Å². The number of hydrogen-bond acceptors (Lipinski definition) is 4. The third kappa shape index (κ3) is 3.91. The fourth-order valence-corrected chi connectivity index (χ4v) is 2.83. The summed E-state index contributed by atoms with van der Waals surface area (Å²) in [6.07, 6.45) is 0.516. The molecule has 2 rings (SSSR count). The lowest BCUT2D eigenvalue weighted by atomic mass is 9.85. The number of nitrogens with two attached hydrogens (primary N) is 1. The molecule has 2 unspecified atom stereocenters. The van der Waals surface area contributed by atoms with Gasteiger partial charge in [0.2, 0.25) is 0 Å². The third-order valence-electron chi connectivity index (χ3n) is 3.85. The van der Waals surface area contributed by atoms with Crippen LogP contribution in [0.5, 0.6) is 5.75 Å². The number of carbonyl (C=O) groups is 1. The van der Waals surface area contributed by atoms with Crippen LogP contribution in [0.4, 0.5) is 4.79 Å². The number of benzene rings is 1. The Hall–Kier alpha value is -1.75. The van der Waals surface area contributed by atoms with Crippen LogP contribution in [0.3, 0.4) is 0 Å². The van der Waals surface area contributed by atoms with Crippen LogP contribution in [0.25, 0.3) is 0 Å². The van der Waals surface area contributed by atoms with Crippen molar-refractivity contribution in [2.45, 2.75) is 44.8 Å². The summed E-state index contributed by atoms with van der Waals surface area (Å²) in [6.45, 7) is 6.74. The Bertz CT molecular complexity index is 525. The van der Waals surface area contributed by atoms with Gasteiger partial charge in [-0.15, -0.1) is 0 Å². The number of amides is 1. The van der Waals surface area contributed by atoms with Gasteiger partial charge in [-0.3, -0.25) is 0 Å². The first-order chi connectivity index (χ1) is 10.3. The minimum atomic E-state index is -0.485. The van der Waals surface area contributed by atoms with E-state index in [0.29, 0.717) is 13.1 Å². The summed E-state index contributed by atoms with van der Waals surface area (Å²) in [5.41, 5.74) is 6.95. The summed E-state index contributed by atoms with van der Waals surface area (Å²) >= 11 is 0. The van der Waals surface area contributed by atoms with Crippen molar-refractivity contribution >= 4 is 6.09 Å². The Morgan fingerprint density at radius 2 is 2.00 bits per heavy atom. The molecule has 0 saturated carbocycles. The van der Waals surface area contributed by atoms with E-state index >= 15 is 0 Å². The van der Waals surface area contributed by atoms with Gasteiger partial charge in [-0.1, -0.05) is 18.2 Å². The number of hydrogen-bond donors (Lipinski definition) is 1. The van der Waals surface area contributed by atoms with Crippen molar-refractivity contribution in [1.29, 1.82) is 0 Å². The number of para-hydroxylation sites is 1. The van der Waals surface area contributed by atoms with Gasteiger partial charge in [0.25, 0.3) is 0 Å². The lowest BCUT2D eigenvalue weighted by Crippen LogP contribution is -2.50. The molecular formula is C17H26N2O3. The first kappa shape index (κ1) is 16.6. The lowest BCUT2D eigenvalue weighted by Gasteiger charge is -2.37. The van der Waals surface area contributed by atoms with Crippen LogP contribution in [-0.2, 0) is 4.74 Å². The predicted octanol–water partition coefficient (Wildman–Crippen LogP) is 2.75. The zero-order valence-corrected chi connectivity index (χ0v) is 13.8. The largest absolute Gasteiger partial charge is 0.496 e. The van der Waals surface area contributed by atoms with Crippen LogP contribution in [0, 0.1) is 0 Å². The second kappa shape index (κ2) is 6.57. The van der Waals surface area contributed by atoms with Crippen molar-refractivity contribution in [3.05, 3.63) is 29.8 Å². The maximum atomic E-state index is 12.1. The molecule has 1 aromatic rings. The molecule has 2 N–H and O–H groups in total. The van der Waals surface area contributed by atoms with E-state index in [1.165, 1.54) is 0 Å². The summed E-state index contributed by atoms with van der Waals surface area (Å²) in [4.78, 5) is 13.8. The number of carbonyl (C=O) groups excluding carboxylic acids is 1. The van der Waals surface area contributed by atoms with E-state index in [1.54, 1.807) is 12.0 Å². The normalized spacial score (nSPS) is 22.3. The zero-order chi connectivity index (χ0) is 16.3. The molecule has 0 aliphatic carbocycles. The standard InChI is InChI=1S/C17H26N2O3/c1-17(2,3)22-16(20)19-10-9-12(14(18)11-19)13-7-5-6-8-15(13)21-4/h5-8,12,14H,9-11,18H2,1-4H3. The molecule has 5 nitrogen and oxygen atoms in total. The van der Waals surface area contributed by atoms with E-state index in [9.17, 15) is 4.79 Å². The molecule has 1 saturated heterocycles. The Kier molecular flexibility index (Phi) is 4.96. The zero-order valence-electron chi connectivity index (χ0n) is 13.8. The first-order valence-electron chi connectivity index (χ1n) is 7.68. The highest BCUT2D eigenvalue weighted by molar-refractivity contribution is 5.68. The lowest BCUT2D eigenvalue weighted by molar-refractivity contribution is 0.0186. The second-order valence-electron chi connectivity index (χ2n) is 6.73. The minimum absolute atomic E-state index is 0.127. The molecule has 122 valence electrons. The molecule has 1 aromatic carbocycles. The quantitative estimate of drug-likeness (QED) is 0.912. The molecular weight excluding hydrogens is 280 g/mol. The maximum Gasteiger partial charge on any atom is 0.410 e. The molecule has 1 aliphatic rings. The molecule has 0 spiro atoms. The molecule has 22 heavy (non-hydrogen) atoms. The molecule has 0 radical (unpaired) electrons. The van der Waals surface area contributed by atoms with E-state index in [4.69, 9.17) is 15.2 Å². The highest BCUT2D eigenvalue weighted by Gasteiger charge is 2.33. The van der Waals surface area contributed by atoms with Crippen LogP contribution >= 0.6 is 0 Å². The van der Waals surface area contributed by atoms with Gasteiger partial charge in [0.15, 0.2) is 0 Å². The van der Waals surface area contributed by atoms with Crippen molar-refractivity contribution in [1.82, 2.24) is 4.90 Å². The molecule has 1 fully saturated rings. The van der Waals surface area contributed by atoms with Crippen LogP contribution in [0.1, 0.15) is 38.7 Å². The number of nitrogens with zero attached hydrogens (tertiary/aromatic N) is 1. The summed E-state index contributed by atoms with van der Waals surface area (Å²) < 4.78 is 10.8. The average Bonchev–Trinajstić information content (AvgIpc) is 2.45. The first-order valence-corrected chi connectivity index (χ1v) is 7.68. The summed E-state index contributed by atoms with van der Waals surface area (Å²) in [6, 6.07) is 7.81. The van der Waals surface area contributed by atoms with E-state index in [1.807, 2.05) is 45.0 Å². The van der Waals surface area contributed by atoms with Gasteiger partial charge in [-0.25, -0.2) is 4.79 Å². The number of piperidine rings is 1. The van der Waals surface area contributed by atoms with Gasteiger partial charge in [-0.2, -0.15) is 0 Å². The minimum Gasteiger partial charge on any atom is -0.496 e. The molecule has 1 amide bonds. The highest BCUT2D eigenvalue weighted by atomic mass is 16.6. The summed E-state index contributed by atoms with van der Waals surface area (Å²) in [7, 11) is 1.67. The SMILES string of the molecule is COc1ccccc1C1CCN(C(=O)OC(C)(C)C)CC1N. The Labute approximate surface area is 132 Å². The average molecular weight is 306 g/mol. The predicted molar refractivity (Wildman–Crippen MR) is 86.1 cm³/mol. The molecule has 1 heterocycles. The van der Waals surface area contributed by atoms with Crippen LogP contribution in [0.2, 0.25) is 0 Å².